The standard InChI is InChI=1S/C26H26O2/c1-3-4-19-26(2,27-24-17-9-13-20-11-5-7-15-22(20)24)28-25-18-10-14-21-12-6-8-16-23(21)25/h5-18H,3-4,19H2,1-2H3. The van der Waals surface area contributed by atoms with Gasteiger partial charge in [-0.1, -0.05) is 86.1 Å². The van der Waals surface area contributed by atoms with E-state index in [1.165, 1.54) is 10.8 Å². The smallest absolute Gasteiger partial charge is 0.248 e. The van der Waals surface area contributed by atoms with Crippen LogP contribution in [0.3, 0.4) is 0 Å². The van der Waals surface area contributed by atoms with Crippen molar-refractivity contribution in [1.82, 2.24) is 0 Å². The Morgan fingerprint density at radius 1 is 0.643 bits per heavy atom. The van der Waals surface area contributed by atoms with E-state index >= 15 is 0 Å². The largest absolute Gasteiger partial charge is 0.452 e. The summed E-state index contributed by atoms with van der Waals surface area (Å²) < 4.78 is 13.1. The molecule has 4 rings (SSSR count). The zero-order valence-electron chi connectivity index (χ0n) is 16.5. The van der Waals surface area contributed by atoms with Crippen molar-refractivity contribution in [1.29, 1.82) is 0 Å². The Morgan fingerprint density at radius 2 is 1.11 bits per heavy atom. The van der Waals surface area contributed by atoms with Gasteiger partial charge in [0.1, 0.15) is 11.5 Å². The van der Waals surface area contributed by atoms with Crippen LogP contribution in [0.4, 0.5) is 0 Å². The van der Waals surface area contributed by atoms with Crippen molar-refractivity contribution >= 4 is 21.5 Å². The van der Waals surface area contributed by atoms with Gasteiger partial charge in [0.25, 0.3) is 0 Å². The third kappa shape index (κ3) is 3.82. The van der Waals surface area contributed by atoms with Crippen LogP contribution in [0.2, 0.25) is 0 Å². The molecule has 0 heterocycles. The van der Waals surface area contributed by atoms with Gasteiger partial charge in [0, 0.05) is 24.1 Å². The molecule has 4 aromatic rings. The molecule has 0 saturated heterocycles. The number of hydrogen-bond acceptors (Lipinski definition) is 2. The van der Waals surface area contributed by atoms with Crippen LogP contribution < -0.4 is 9.47 Å². The lowest BCUT2D eigenvalue weighted by atomic mass is 10.1. The average molecular weight is 370 g/mol. The first-order chi connectivity index (χ1) is 13.7. The average Bonchev–Trinajstić information content (AvgIpc) is 2.73. The molecule has 142 valence electrons. The maximum atomic E-state index is 6.55. The van der Waals surface area contributed by atoms with Gasteiger partial charge in [-0.15, -0.1) is 0 Å². The monoisotopic (exact) mass is 370 g/mol. The molecule has 0 radical (unpaired) electrons. The highest BCUT2D eigenvalue weighted by Gasteiger charge is 2.29. The molecule has 0 spiro atoms. The minimum absolute atomic E-state index is 0.746. The predicted molar refractivity (Wildman–Crippen MR) is 117 cm³/mol. The van der Waals surface area contributed by atoms with Gasteiger partial charge >= 0.3 is 0 Å². The molecule has 4 aromatic carbocycles. The van der Waals surface area contributed by atoms with Crippen molar-refractivity contribution in [2.45, 2.75) is 38.9 Å². The Balaban J connectivity index is 1.71. The third-order valence-corrected chi connectivity index (χ3v) is 5.14. The summed E-state index contributed by atoms with van der Waals surface area (Å²) in [5, 5.41) is 4.55. The van der Waals surface area contributed by atoms with Crippen molar-refractivity contribution in [3.63, 3.8) is 0 Å². The molecular formula is C26H26O2. The van der Waals surface area contributed by atoms with Crippen molar-refractivity contribution in [3.8, 4) is 11.5 Å². The Bertz CT molecular complexity index is 992. The molecule has 0 atom stereocenters. The van der Waals surface area contributed by atoms with Crippen LogP contribution in [0.25, 0.3) is 21.5 Å². The topological polar surface area (TPSA) is 18.5 Å². The van der Waals surface area contributed by atoms with Crippen LogP contribution in [0.1, 0.15) is 33.1 Å². The molecule has 0 unspecified atom stereocenters. The summed E-state index contributed by atoms with van der Waals surface area (Å²) in [7, 11) is 0. The second kappa shape index (κ2) is 7.93. The summed E-state index contributed by atoms with van der Waals surface area (Å²) >= 11 is 0. The molecule has 0 N–H and O–H groups in total. The first-order valence-electron chi connectivity index (χ1n) is 10.0. The van der Waals surface area contributed by atoms with Gasteiger partial charge in [-0.3, -0.25) is 0 Å². The second-order valence-electron chi connectivity index (χ2n) is 7.40. The van der Waals surface area contributed by atoms with Crippen LogP contribution in [-0.4, -0.2) is 5.79 Å². The zero-order chi connectivity index (χ0) is 19.4. The maximum Gasteiger partial charge on any atom is 0.248 e. The summed E-state index contributed by atoms with van der Waals surface area (Å²) in [6.07, 6.45) is 2.94. The van der Waals surface area contributed by atoms with E-state index in [1.54, 1.807) is 0 Å². The van der Waals surface area contributed by atoms with Gasteiger partial charge in [-0.2, -0.15) is 0 Å². The molecule has 0 aliphatic rings. The number of unbranched alkanes of at least 4 members (excludes halogenated alkanes) is 1. The molecule has 28 heavy (non-hydrogen) atoms. The van der Waals surface area contributed by atoms with Crippen LogP contribution in [0.15, 0.2) is 84.9 Å². The Kier molecular flexibility index (Phi) is 5.21. The molecule has 0 aromatic heterocycles. The van der Waals surface area contributed by atoms with Crippen molar-refractivity contribution in [3.05, 3.63) is 84.9 Å². The fourth-order valence-corrected chi connectivity index (χ4v) is 3.66. The van der Waals surface area contributed by atoms with Crippen molar-refractivity contribution in [2.24, 2.45) is 0 Å². The lowest BCUT2D eigenvalue weighted by Crippen LogP contribution is -2.39. The molecule has 0 aliphatic heterocycles. The normalized spacial score (nSPS) is 11.6. The minimum Gasteiger partial charge on any atom is -0.452 e. The van der Waals surface area contributed by atoms with Crippen LogP contribution in [0, 0.1) is 0 Å². The van der Waals surface area contributed by atoms with Crippen molar-refractivity contribution in [2.75, 3.05) is 0 Å². The highest BCUT2D eigenvalue weighted by atomic mass is 16.7. The molecule has 0 bridgehead atoms. The quantitative estimate of drug-likeness (QED) is 0.316. The first-order valence-corrected chi connectivity index (χ1v) is 10.0. The maximum absolute atomic E-state index is 6.55. The van der Waals surface area contributed by atoms with E-state index in [1.807, 2.05) is 43.3 Å². The summed E-state index contributed by atoms with van der Waals surface area (Å²) in [5.41, 5.74) is 0. The lowest BCUT2D eigenvalue weighted by molar-refractivity contribution is -0.103. The summed E-state index contributed by atoms with van der Waals surface area (Å²) in [6.45, 7) is 4.24. The highest BCUT2D eigenvalue weighted by Crippen LogP contribution is 2.34. The van der Waals surface area contributed by atoms with E-state index in [4.69, 9.17) is 9.47 Å². The zero-order valence-corrected chi connectivity index (χ0v) is 16.5. The van der Waals surface area contributed by atoms with E-state index in [0.29, 0.717) is 0 Å². The summed E-state index contributed by atoms with van der Waals surface area (Å²) in [4.78, 5) is 0. The van der Waals surface area contributed by atoms with E-state index in [-0.39, 0.29) is 0 Å². The predicted octanol–water partition coefficient (Wildman–Crippen LogP) is 7.36. The number of fused-ring (bicyclic) bond motifs is 2. The number of hydrogen-bond donors (Lipinski definition) is 0. The molecule has 0 fully saturated rings. The van der Waals surface area contributed by atoms with E-state index in [0.717, 1.165) is 41.5 Å². The van der Waals surface area contributed by atoms with Crippen LogP contribution in [-0.2, 0) is 0 Å². The lowest BCUT2D eigenvalue weighted by Gasteiger charge is -2.32. The molecular weight excluding hydrogens is 344 g/mol. The SMILES string of the molecule is CCCCC(C)(Oc1cccc2ccccc12)Oc1cccc2ccccc12. The third-order valence-electron chi connectivity index (χ3n) is 5.14. The molecule has 0 saturated carbocycles. The van der Waals surface area contributed by atoms with Crippen LogP contribution >= 0.6 is 0 Å². The van der Waals surface area contributed by atoms with Gasteiger partial charge in [0.15, 0.2) is 0 Å². The fourth-order valence-electron chi connectivity index (χ4n) is 3.66. The first kappa shape index (κ1) is 18.4. The fraction of sp³-hybridized carbons (Fsp3) is 0.231. The van der Waals surface area contributed by atoms with Crippen LogP contribution in [0.5, 0.6) is 11.5 Å². The van der Waals surface area contributed by atoms with Gasteiger partial charge in [0.05, 0.1) is 0 Å². The number of rotatable bonds is 7. The molecule has 0 aliphatic carbocycles. The molecule has 2 nitrogen and oxygen atoms in total. The van der Waals surface area contributed by atoms with Crippen molar-refractivity contribution < 1.29 is 9.47 Å². The van der Waals surface area contributed by atoms with Gasteiger partial charge in [-0.05, 0) is 29.3 Å². The van der Waals surface area contributed by atoms with E-state index in [2.05, 4.69) is 55.5 Å². The molecule has 0 amide bonds. The number of benzene rings is 4. The Morgan fingerprint density at radius 3 is 1.61 bits per heavy atom. The Labute approximate surface area is 166 Å². The summed E-state index contributed by atoms with van der Waals surface area (Å²) in [5.74, 6) is 0.971. The van der Waals surface area contributed by atoms with E-state index in [9.17, 15) is 0 Å². The molecule has 2 heteroatoms. The minimum atomic E-state index is -0.746. The summed E-state index contributed by atoms with van der Waals surface area (Å²) in [6, 6.07) is 29.0. The van der Waals surface area contributed by atoms with Gasteiger partial charge < -0.3 is 9.47 Å². The highest BCUT2D eigenvalue weighted by molar-refractivity contribution is 5.89. The second-order valence-corrected chi connectivity index (χ2v) is 7.40. The number of ether oxygens (including phenoxy) is 2. The van der Waals surface area contributed by atoms with Gasteiger partial charge in [0.2, 0.25) is 5.79 Å². The Hall–Kier alpha value is -3.00. The van der Waals surface area contributed by atoms with Gasteiger partial charge in [-0.25, -0.2) is 0 Å². The van der Waals surface area contributed by atoms with E-state index < -0.39 is 5.79 Å².